The van der Waals surface area contributed by atoms with Crippen molar-refractivity contribution in [2.75, 3.05) is 33.3 Å². The fourth-order valence-corrected chi connectivity index (χ4v) is 2.97. The summed E-state index contributed by atoms with van der Waals surface area (Å²) in [6, 6.07) is 7.30. The number of benzene rings is 1. The first-order chi connectivity index (χ1) is 12.2. The maximum atomic E-state index is 12.6. The minimum absolute atomic E-state index is 0.0503. The van der Waals surface area contributed by atoms with E-state index in [4.69, 9.17) is 4.74 Å². The Morgan fingerprint density at radius 1 is 1.24 bits per heavy atom. The maximum Gasteiger partial charge on any atom is 0.254 e. The average Bonchev–Trinajstić information content (AvgIpc) is 3.09. The summed E-state index contributed by atoms with van der Waals surface area (Å²) in [4.78, 5) is 16.8. The molecule has 1 saturated heterocycles. The molecule has 1 aliphatic rings. The van der Waals surface area contributed by atoms with Gasteiger partial charge in [-0.2, -0.15) is 0 Å². The Bertz CT molecular complexity index is 709. The van der Waals surface area contributed by atoms with Crippen LogP contribution in [0.15, 0.2) is 24.3 Å². The number of hydrogen-bond donors (Lipinski definition) is 0. The van der Waals surface area contributed by atoms with E-state index in [1.807, 2.05) is 27.8 Å². The van der Waals surface area contributed by atoms with E-state index in [-0.39, 0.29) is 5.91 Å². The van der Waals surface area contributed by atoms with E-state index in [2.05, 4.69) is 27.3 Å². The van der Waals surface area contributed by atoms with Crippen molar-refractivity contribution in [2.45, 2.75) is 26.4 Å². The molecular formula is C17H24N6O2. The zero-order valence-electron chi connectivity index (χ0n) is 14.8. The van der Waals surface area contributed by atoms with Crippen molar-refractivity contribution in [3.8, 4) is 5.75 Å². The number of nitrogens with zero attached hydrogens (tertiary/aromatic N) is 6. The number of aryl methyl sites for hydroxylation is 1. The first kappa shape index (κ1) is 17.3. The predicted molar refractivity (Wildman–Crippen MR) is 92.3 cm³/mol. The molecule has 25 heavy (non-hydrogen) atoms. The van der Waals surface area contributed by atoms with Crippen molar-refractivity contribution in [1.29, 1.82) is 0 Å². The van der Waals surface area contributed by atoms with E-state index in [0.717, 1.165) is 31.9 Å². The molecule has 1 aliphatic heterocycles. The van der Waals surface area contributed by atoms with Crippen LogP contribution >= 0.6 is 0 Å². The van der Waals surface area contributed by atoms with Gasteiger partial charge in [-0.25, -0.2) is 4.68 Å². The minimum Gasteiger partial charge on any atom is -0.497 e. The topological polar surface area (TPSA) is 76.4 Å². The predicted octanol–water partition coefficient (Wildman–Crippen LogP) is 1.05. The average molecular weight is 344 g/mol. The number of amides is 1. The molecule has 0 atom stereocenters. The second-order valence-electron chi connectivity index (χ2n) is 6.12. The molecule has 0 saturated carbocycles. The number of tetrazole rings is 1. The normalized spacial score (nSPS) is 15.4. The molecule has 3 rings (SSSR count). The molecule has 2 heterocycles. The molecule has 1 aromatic heterocycles. The maximum absolute atomic E-state index is 12.6. The number of carbonyl (C=O) groups excluding carboxylic acids is 1. The van der Waals surface area contributed by atoms with Crippen molar-refractivity contribution in [2.24, 2.45) is 0 Å². The minimum atomic E-state index is 0.0503. The molecule has 1 fully saturated rings. The third kappa shape index (κ3) is 4.14. The quantitative estimate of drug-likeness (QED) is 0.780. The summed E-state index contributed by atoms with van der Waals surface area (Å²) < 4.78 is 7.05. The Morgan fingerprint density at radius 2 is 2.04 bits per heavy atom. The molecule has 0 spiro atoms. The van der Waals surface area contributed by atoms with Crippen molar-refractivity contribution in [3.63, 3.8) is 0 Å². The van der Waals surface area contributed by atoms with E-state index in [9.17, 15) is 4.79 Å². The fourth-order valence-electron chi connectivity index (χ4n) is 2.97. The SMILES string of the molecule is CCCn1nnnc1CN1CCN(C(=O)c2cccc(OC)c2)CC1. The lowest BCUT2D eigenvalue weighted by Gasteiger charge is -2.34. The lowest BCUT2D eigenvalue weighted by Crippen LogP contribution is -2.48. The lowest BCUT2D eigenvalue weighted by molar-refractivity contribution is 0.0623. The van der Waals surface area contributed by atoms with Gasteiger partial charge in [0.2, 0.25) is 0 Å². The molecule has 8 heteroatoms. The molecule has 0 radical (unpaired) electrons. The van der Waals surface area contributed by atoms with Crippen LogP contribution in [0.1, 0.15) is 29.5 Å². The van der Waals surface area contributed by atoms with Gasteiger partial charge >= 0.3 is 0 Å². The van der Waals surface area contributed by atoms with Crippen molar-refractivity contribution < 1.29 is 9.53 Å². The van der Waals surface area contributed by atoms with Crippen LogP contribution in [-0.4, -0.2) is 69.2 Å². The number of carbonyl (C=O) groups is 1. The van der Waals surface area contributed by atoms with Crippen LogP contribution < -0.4 is 4.74 Å². The number of hydrogen-bond acceptors (Lipinski definition) is 6. The second kappa shape index (κ2) is 8.06. The number of methoxy groups -OCH3 is 1. The lowest BCUT2D eigenvalue weighted by atomic mass is 10.1. The highest BCUT2D eigenvalue weighted by Crippen LogP contribution is 2.16. The van der Waals surface area contributed by atoms with Crippen LogP contribution in [0, 0.1) is 0 Å². The number of rotatable bonds is 6. The first-order valence-corrected chi connectivity index (χ1v) is 8.62. The Morgan fingerprint density at radius 3 is 2.76 bits per heavy atom. The third-order valence-corrected chi connectivity index (χ3v) is 4.38. The zero-order chi connectivity index (χ0) is 17.6. The summed E-state index contributed by atoms with van der Waals surface area (Å²) in [5.41, 5.74) is 0.666. The van der Waals surface area contributed by atoms with Gasteiger partial charge in [0.15, 0.2) is 5.82 Å². The molecule has 2 aromatic rings. The molecule has 1 amide bonds. The molecule has 0 N–H and O–H groups in total. The van der Waals surface area contributed by atoms with Gasteiger partial charge in [0, 0.05) is 38.3 Å². The molecule has 0 aliphatic carbocycles. The van der Waals surface area contributed by atoms with Gasteiger partial charge < -0.3 is 9.64 Å². The summed E-state index contributed by atoms with van der Waals surface area (Å²) in [5.74, 6) is 1.64. The van der Waals surface area contributed by atoms with E-state index in [1.54, 1.807) is 13.2 Å². The third-order valence-electron chi connectivity index (χ3n) is 4.38. The van der Waals surface area contributed by atoms with Gasteiger partial charge in [0.25, 0.3) is 5.91 Å². The van der Waals surface area contributed by atoms with Gasteiger partial charge in [-0.1, -0.05) is 13.0 Å². The largest absolute Gasteiger partial charge is 0.497 e. The van der Waals surface area contributed by atoms with E-state index in [1.165, 1.54) is 0 Å². The fraction of sp³-hybridized carbons (Fsp3) is 0.529. The highest BCUT2D eigenvalue weighted by atomic mass is 16.5. The summed E-state index contributed by atoms with van der Waals surface area (Å²) >= 11 is 0. The van der Waals surface area contributed by atoms with E-state index < -0.39 is 0 Å². The van der Waals surface area contributed by atoms with Crippen LogP contribution in [-0.2, 0) is 13.1 Å². The highest BCUT2D eigenvalue weighted by Gasteiger charge is 2.23. The molecule has 8 nitrogen and oxygen atoms in total. The summed E-state index contributed by atoms with van der Waals surface area (Å²) in [6.07, 6.45) is 1.00. The highest BCUT2D eigenvalue weighted by molar-refractivity contribution is 5.94. The molecule has 0 bridgehead atoms. The van der Waals surface area contributed by atoms with Gasteiger partial charge in [-0.05, 0) is 35.0 Å². The molecule has 134 valence electrons. The van der Waals surface area contributed by atoms with Gasteiger partial charge in [0.1, 0.15) is 5.75 Å². The second-order valence-corrected chi connectivity index (χ2v) is 6.12. The summed E-state index contributed by atoms with van der Waals surface area (Å²) in [7, 11) is 1.61. The molecular weight excluding hydrogens is 320 g/mol. The Labute approximate surface area is 147 Å². The van der Waals surface area contributed by atoms with Crippen LogP contribution in [0.2, 0.25) is 0 Å². The monoisotopic (exact) mass is 344 g/mol. The smallest absolute Gasteiger partial charge is 0.254 e. The summed E-state index contributed by atoms with van der Waals surface area (Å²) in [5, 5.41) is 11.9. The number of ether oxygens (including phenoxy) is 1. The summed E-state index contributed by atoms with van der Waals surface area (Å²) in [6.45, 7) is 6.68. The van der Waals surface area contributed by atoms with Crippen molar-refractivity contribution in [1.82, 2.24) is 30.0 Å². The van der Waals surface area contributed by atoms with Crippen molar-refractivity contribution in [3.05, 3.63) is 35.7 Å². The van der Waals surface area contributed by atoms with Crippen LogP contribution in [0.3, 0.4) is 0 Å². The van der Waals surface area contributed by atoms with Gasteiger partial charge in [0.05, 0.1) is 13.7 Å². The Kier molecular flexibility index (Phi) is 5.60. The van der Waals surface area contributed by atoms with Crippen LogP contribution in [0.4, 0.5) is 0 Å². The van der Waals surface area contributed by atoms with Crippen LogP contribution in [0.25, 0.3) is 0 Å². The van der Waals surface area contributed by atoms with Crippen molar-refractivity contribution >= 4 is 5.91 Å². The van der Waals surface area contributed by atoms with E-state index in [0.29, 0.717) is 30.9 Å². The Balaban J connectivity index is 1.56. The zero-order valence-corrected chi connectivity index (χ0v) is 14.8. The number of piperazine rings is 1. The molecule has 0 unspecified atom stereocenters. The number of aromatic nitrogens is 4. The van der Waals surface area contributed by atoms with Gasteiger partial charge in [-0.3, -0.25) is 9.69 Å². The van der Waals surface area contributed by atoms with E-state index >= 15 is 0 Å². The van der Waals surface area contributed by atoms with Gasteiger partial charge in [-0.15, -0.1) is 5.10 Å². The first-order valence-electron chi connectivity index (χ1n) is 8.62. The molecule has 1 aromatic carbocycles. The van der Waals surface area contributed by atoms with Crippen LogP contribution in [0.5, 0.6) is 5.75 Å². The standard InChI is InChI=1S/C17H24N6O2/c1-3-7-23-16(18-19-20-23)13-21-8-10-22(11-9-21)17(24)14-5-4-6-15(12-14)25-2/h4-6,12H,3,7-11,13H2,1-2H3. The Hall–Kier alpha value is -2.48.